The van der Waals surface area contributed by atoms with E-state index in [-0.39, 0.29) is 11.8 Å². The van der Waals surface area contributed by atoms with Crippen LogP contribution in [0.2, 0.25) is 0 Å². The number of fused-ring (bicyclic) bond motifs is 1. The summed E-state index contributed by atoms with van der Waals surface area (Å²) in [6.07, 6.45) is 1.38. The summed E-state index contributed by atoms with van der Waals surface area (Å²) >= 11 is 0. The second kappa shape index (κ2) is 10.6. The highest BCUT2D eigenvalue weighted by atomic mass is 16.5. The monoisotopic (exact) mass is 481 g/mol. The summed E-state index contributed by atoms with van der Waals surface area (Å²) in [6.45, 7) is 9.30. The zero-order valence-electron chi connectivity index (χ0n) is 21.5. The van der Waals surface area contributed by atoms with Crippen LogP contribution in [-0.2, 0) is 17.9 Å². The first-order chi connectivity index (χ1) is 17.5. The van der Waals surface area contributed by atoms with Crippen LogP contribution >= 0.6 is 0 Å². The number of amides is 1. The molecule has 1 amide bonds. The molecule has 5 nitrogen and oxygen atoms in total. The molecular weight excluding hydrogens is 446 g/mol. The fourth-order valence-corrected chi connectivity index (χ4v) is 5.19. The fraction of sp³-hybridized carbons (Fsp3) is 0.355. The van der Waals surface area contributed by atoms with Crippen molar-refractivity contribution in [1.29, 1.82) is 0 Å². The van der Waals surface area contributed by atoms with Crippen LogP contribution < -0.4 is 4.74 Å². The molecule has 0 saturated carbocycles. The number of imidazole rings is 1. The van der Waals surface area contributed by atoms with E-state index in [1.165, 1.54) is 11.1 Å². The van der Waals surface area contributed by atoms with Crippen molar-refractivity contribution in [2.45, 2.75) is 58.5 Å². The largest absolute Gasteiger partial charge is 0.493 e. The minimum Gasteiger partial charge on any atom is -0.493 e. The number of rotatable bonds is 9. The van der Waals surface area contributed by atoms with Crippen molar-refractivity contribution in [3.63, 3.8) is 0 Å². The molecule has 1 fully saturated rings. The Kier molecular flexibility index (Phi) is 7.08. The van der Waals surface area contributed by atoms with Gasteiger partial charge in [-0.15, -0.1) is 0 Å². The number of likely N-dealkylation sites (tertiary alicyclic amines) is 1. The topological polar surface area (TPSA) is 47.4 Å². The van der Waals surface area contributed by atoms with Crippen molar-refractivity contribution in [3.8, 4) is 5.75 Å². The minimum atomic E-state index is 0.0962. The van der Waals surface area contributed by atoms with Crippen LogP contribution in [0.5, 0.6) is 5.75 Å². The van der Waals surface area contributed by atoms with Crippen molar-refractivity contribution in [2.75, 3.05) is 13.2 Å². The van der Waals surface area contributed by atoms with Gasteiger partial charge in [-0.25, -0.2) is 4.98 Å². The van der Waals surface area contributed by atoms with Crippen molar-refractivity contribution in [3.05, 3.63) is 95.3 Å². The van der Waals surface area contributed by atoms with E-state index in [1.54, 1.807) is 0 Å². The first-order valence-corrected chi connectivity index (χ1v) is 13.0. The number of aryl methyl sites for hydroxylation is 2. The fourth-order valence-electron chi connectivity index (χ4n) is 5.19. The maximum absolute atomic E-state index is 12.9. The highest BCUT2D eigenvalue weighted by molar-refractivity contribution is 5.81. The summed E-state index contributed by atoms with van der Waals surface area (Å²) in [5.74, 6) is 2.71. The molecule has 1 aliphatic rings. The van der Waals surface area contributed by atoms with E-state index >= 15 is 0 Å². The number of ether oxygens (including phenoxy) is 1. The molecule has 36 heavy (non-hydrogen) atoms. The van der Waals surface area contributed by atoms with Crippen molar-refractivity contribution < 1.29 is 9.53 Å². The van der Waals surface area contributed by atoms with Crippen molar-refractivity contribution in [1.82, 2.24) is 14.5 Å². The van der Waals surface area contributed by atoms with Gasteiger partial charge in [-0.1, -0.05) is 68.4 Å². The van der Waals surface area contributed by atoms with Crippen LogP contribution in [0.25, 0.3) is 11.0 Å². The summed E-state index contributed by atoms with van der Waals surface area (Å²) in [7, 11) is 0. The van der Waals surface area contributed by atoms with Gasteiger partial charge in [-0.05, 0) is 54.2 Å². The van der Waals surface area contributed by atoms with E-state index in [9.17, 15) is 4.79 Å². The first kappa shape index (κ1) is 24.1. The third-order valence-electron chi connectivity index (χ3n) is 7.05. The van der Waals surface area contributed by atoms with Crippen LogP contribution in [0.4, 0.5) is 0 Å². The lowest BCUT2D eigenvalue weighted by Crippen LogP contribution is -2.24. The molecule has 0 radical (unpaired) electrons. The number of para-hydroxylation sites is 2. The lowest BCUT2D eigenvalue weighted by atomic mass is 10.0. The molecular formula is C31H35N3O2. The molecule has 4 aromatic rings. The zero-order valence-corrected chi connectivity index (χ0v) is 21.5. The Labute approximate surface area is 213 Å². The molecule has 0 aliphatic carbocycles. The zero-order chi connectivity index (χ0) is 25.1. The van der Waals surface area contributed by atoms with E-state index in [0.29, 0.717) is 32.0 Å². The van der Waals surface area contributed by atoms with Gasteiger partial charge in [0.2, 0.25) is 5.91 Å². The number of hydrogen-bond acceptors (Lipinski definition) is 3. The molecule has 1 aliphatic heterocycles. The van der Waals surface area contributed by atoms with E-state index in [4.69, 9.17) is 9.72 Å². The molecule has 0 spiro atoms. The third-order valence-corrected chi connectivity index (χ3v) is 7.05. The maximum Gasteiger partial charge on any atom is 0.223 e. The molecule has 5 heteroatoms. The number of hydrogen-bond donors (Lipinski definition) is 0. The maximum atomic E-state index is 12.9. The van der Waals surface area contributed by atoms with Gasteiger partial charge in [0.25, 0.3) is 0 Å². The van der Waals surface area contributed by atoms with Crippen LogP contribution in [0.3, 0.4) is 0 Å². The van der Waals surface area contributed by atoms with Gasteiger partial charge in [0.05, 0.1) is 17.6 Å². The minimum absolute atomic E-state index is 0.0962. The smallest absolute Gasteiger partial charge is 0.223 e. The highest BCUT2D eigenvalue weighted by Crippen LogP contribution is 2.32. The predicted octanol–water partition coefficient (Wildman–Crippen LogP) is 6.45. The molecule has 1 atom stereocenters. The quantitative estimate of drug-likeness (QED) is 0.258. The second-order valence-electron chi connectivity index (χ2n) is 10.2. The van der Waals surface area contributed by atoms with Gasteiger partial charge in [-0.3, -0.25) is 4.79 Å². The molecule has 1 saturated heterocycles. The van der Waals surface area contributed by atoms with E-state index in [1.807, 2.05) is 29.2 Å². The van der Waals surface area contributed by atoms with Crippen LogP contribution in [0.1, 0.15) is 61.0 Å². The van der Waals surface area contributed by atoms with Crippen molar-refractivity contribution >= 4 is 16.9 Å². The number of nitrogens with zero attached hydrogens (tertiary/aromatic N) is 3. The molecule has 1 unspecified atom stereocenters. The molecule has 0 N–H and O–H groups in total. The highest BCUT2D eigenvalue weighted by Gasteiger charge is 2.33. The molecule has 3 aromatic carbocycles. The van der Waals surface area contributed by atoms with Crippen molar-refractivity contribution in [2.24, 2.45) is 0 Å². The summed E-state index contributed by atoms with van der Waals surface area (Å²) < 4.78 is 8.57. The van der Waals surface area contributed by atoms with E-state index in [0.717, 1.165) is 41.1 Å². The standard InChI is InChI=1S/C31H35N3O2/c1-22(2)26-15-14-23(3)18-29(26)36-17-9-16-34-28-13-8-7-12-27(28)32-31(34)25-19-30(35)33(21-25)20-24-10-5-4-6-11-24/h4-8,10-15,18,22,25H,9,16-17,19-21H2,1-3H3. The van der Waals surface area contributed by atoms with Crippen LogP contribution in [0, 0.1) is 6.92 Å². The van der Waals surface area contributed by atoms with Gasteiger partial charge in [0.15, 0.2) is 0 Å². The van der Waals surface area contributed by atoms with Gasteiger partial charge in [0, 0.05) is 32.0 Å². The summed E-state index contributed by atoms with van der Waals surface area (Å²) in [5.41, 5.74) is 5.73. The predicted molar refractivity (Wildman–Crippen MR) is 144 cm³/mol. The Morgan fingerprint density at radius 2 is 1.81 bits per heavy atom. The summed E-state index contributed by atoms with van der Waals surface area (Å²) in [6, 6.07) is 24.9. The SMILES string of the molecule is Cc1ccc(C(C)C)c(OCCCn2c(C3CC(=O)N(Cc4ccccc4)C3)nc3ccccc32)c1. The Balaban J connectivity index is 1.31. The van der Waals surface area contributed by atoms with Gasteiger partial charge < -0.3 is 14.2 Å². The number of carbonyl (C=O) groups excluding carboxylic acids is 1. The van der Waals surface area contributed by atoms with E-state index < -0.39 is 0 Å². The van der Waals surface area contributed by atoms with Gasteiger partial charge >= 0.3 is 0 Å². The van der Waals surface area contributed by atoms with Gasteiger partial charge in [0.1, 0.15) is 11.6 Å². The Hall–Kier alpha value is -3.60. The number of aromatic nitrogens is 2. The van der Waals surface area contributed by atoms with E-state index in [2.05, 4.69) is 73.9 Å². The molecule has 1 aromatic heterocycles. The summed E-state index contributed by atoms with van der Waals surface area (Å²) in [5, 5.41) is 0. The Morgan fingerprint density at radius 3 is 2.61 bits per heavy atom. The Bertz CT molecular complexity index is 1340. The number of benzene rings is 3. The third kappa shape index (κ3) is 5.15. The van der Waals surface area contributed by atoms with Crippen LogP contribution in [-0.4, -0.2) is 33.5 Å². The van der Waals surface area contributed by atoms with Gasteiger partial charge in [-0.2, -0.15) is 0 Å². The summed E-state index contributed by atoms with van der Waals surface area (Å²) in [4.78, 5) is 19.9. The molecule has 0 bridgehead atoms. The molecule has 2 heterocycles. The average Bonchev–Trinajstić information content (AvgIpc) is 3.42. The molecule has 5 rings (SSSR count). The second-order valence-corrected chi connectivity index (χ2v) is 10.2. The lowest BCUT2D eigenvalue weighted by molar-refractivity contribution is -0.128. The number of carbonyl (C=O) groups is 1. The normalized spacial score (nSPS) is 15.8. The Morgan fingerprint density at radius 1 is 1.03 bits per heavy atom. The first-order valence-electron chi connectivity index (χ1n) is 13.0. The lowest BCUT2D eigenvalue weighted by Gasteiger charge is -2.18. The molecule has 186 valence electrons. The van der Waals surface area contributed by atoms with Crippen LogP contribution in [0.15, 0.2) is 72.8 Å². The average molecular weight is 482 g/mol.